The summed E-state index contributed by atoms with van der Waals surface area (Å²) >= 11 is 3.13. The van der Waals surface area contributed by atoms with Crippen LogP contribution in [0.1, 0.15) is 25.6 Å². The van der Waals surface area contributed by atoms with Crippen LogP contribution in [0, 0.1) is 5.82 Å². The van der Waals surface area contributed by atoms with Gasteiger partial charge in [-0.25, -0.2) is 14.4 Å². The predicted octanol–water partition coefficient (Wildman–Crippen LogP) is 6.29. The average Bonchev–Trinajstić information content (AvgIpc) is 3.38. The number of thiophene rings is 1. The fourth-order valence-corrected chi connectivity index (χ4v) is 5.98. The lowest BCUT2D eigenvalue weighted by molar-refractivity contribution is 0.218. The van der Waals surface area contributed by atoms with Gasteiger partial charge in [0.25, 0.3) is 0 Å². The molecule has 148 valence electrons. The molecule has 0 atom stereocenters. The van der Waals surface area contributed by atoms with Crippen molar-refractivity contribution >= 4 is 60.1 Å². The number of aromatic nitrogens is 2. The molecule has 1 N–H and O–H groups in total. The summed E-state index contributed by atoms with van der Waals surface area (Å²) in [4.78, 5) is 13.5. The summed E-state index contributed by atoms with van der Waals surface area (Å²) in [5.41, 5.74) is 5.15. The van der Waals surface area contributed by atoms with Crippen LogP contribution in [-0.2, 0) is 0 Å². The van der Waals surface area contributed by atoms with Crippen molar-refractivity contribution in [1.82, 2.24) is 14.9 Å². The molecule has 0 spiro atoms. The number of nitrogens with zero attached hydrogens (tertiary/aromatic N) is 3. The van der Waals surface area contributed by atoms with Crippen molar-refractivity contribution in [1.29, 1.82) is 0 Å². The Bertz CT molecular complexity index is 1250. The van der Waals surface area contributed by atoms with Gasteiger partial charge >= 0.3 is 0 Å². The van der Waals surface area contributed by atoms with Crippen LogP contribution in [0.5, 0.6) is 0 Å². The van der Waals surface area contributed by atoms with Crippen molar-refractivity contribution in [3.05, 3.63) is 52.7 Å². The zero-order chi connectivity index (χ0) is 20.2. The minimum atomic E-state index is -0.277. The fraction of sp³-hybridized carbons (Fsp3) is 0.273. The highest BCUT2D eigenvalue weighted by Gasteiger charge is 2.35. The predicted molar refractivity (Wildman–Crippen MR) is 122 cm³/mol. The standard InChI is InChI=1S/C22H21FN4S2/c1-4-27-8-6-14(22(27,2)3)19-9-13-16(5-7-24-21(13)29-19)26-17-11-18-20(10-15(17)23)28-12-25-18/h5-7,9-12H,4,8H2,1-3H3,(H,24,26). The molecule has 0 amide bonds. The molecule has 3 aromatic heterocycles. The third kappa shape index (κ3) is 3.04. The Hall–Kier alpha value is -2.35. The first kappa shape index (κ1) is 18.7. The number of likely N-dealkylation sites (N-methyl/N-ethyl adjacent to an activating group) is 1. The van der Waals surface area contributed by atoms with Gasteiger partial charge < -0.3 is 5.32 Å². The second kappa shape index (κ2) is 6.86. The van der Waals surface area contributed by atoms with Gasteiger partial charge in [-0.1, -0.05) is 13.0 Å². The highest BCUT2D eigenvalue weighted by molar-refractivity contribution is 7.19. The Balaban J connectivity index is 1.55. The summed E-state index contributed by atoms with van der Waals surface area (Å²) in [5.74, 6) is -0.277. The van der Waals surface area contributed by atoms with Crippen molar-refractivity contribution in [3.8, 4) is 0 Å². The minimum Gasteiger partial charge on any atom is -0.352 e. The Morgan fingerprint density at radius 2 is 2.07 bits per heavy atom. The molecule has 5 rings (SSSR count). The van der Waals surface area contributed by atoms with Crippen LogP contribution in [0.3, 0.4) is 0 Å². The molecule has 1 aliphatic heterocycles. The third-order valence-electron chi connectivity index (χ3n) is 5.74. The quantitative estimate of drug-likeness (QED) is 0.418. The van der Waals surface area contributed by atoms with Gasteiger partial charge in [-0.15, -0.1) is 22.7 Å². The maximum absolute atomic E-state index is 14.6. The first-order valence-corrected chi connectivity index (χ1v) is 11.3. The monoisotopic (exact) mass is 424 g/mol. The number of anilines is 2. The van der Waals surface area contributed by atoms with E-state index in [1.807, 2.05) is 6.07 Å². The van der Waals surface area contributed by atoms with Crippen LogP contribution < -0.4 is 5.32 Å². The second-order valence-corrected chi connectivity index (χ2v) is 9.60. The molecule has 4 nitrogen and oxygen atoms in total. The Morgan fingerprint density at radius 3 is 2.86 bits per heavy atom. The number of hydrogen-bond acceptors (Lipinski definition) is 6. The Labute approximate surface area is 176 Å². The average molecular weight is 425 g/mol. The third-order valence-corrected chi connectivity index (χ3v) is 7.61. The van der Waals surface area contributed by atoms with Gasteiger partial charge in [0.05, 0.1) is 27.1 Å². The molecular formula is C22H21FN4S2. The number of pyridine rings is 1. The Kier molecular flexibility index (Phi) is 4.42. The van der Waals surface area contributed by atoms with Crippen molar-refractivity contribution in [2.75, 3.05) is 18.4 Å². The lowest BCUT2D eigenvalue weighted by atomic mass is 9.94. The lowest BCUT2D eigenvalue weighted by Gasteiger charge is -2.33. The number of rotatable bonds is 4. The van der Waals surface area contributed by atoms with E-state index in [4.69, 9.17) is 0 Å². The van der Waals surface area contributed by atoms with Gasteiger partial charge in [-0.3, -0.25) is 4.90 Å². The second-order valence-electron chi connectivity index (χ2n) is 7.68. The van der Waals surface area contributed by atoms with Gasteiger partial charge in [0.2, 0.25) is 0 Å². The van der Waals surface area contributed by atoms with Crippen molar-refractivity contribution in [2.24, 2.45) is 0 Å². The highest BCUT2D eigenvalue weighted by Crippen LogP contribution is 2.42. The van der Waals surface area contributed by atoms with Crippen molar-refractivity contribution in [3.63, 3.8) is 0 Å². The summed E-state index contributed by atoms with van der Waals surface area (Å²) in [5, 5.41) is 4.28. The smallest absolute Gasteiger partial charge is 0.148 e. The number of hydrogen-bond donors (Lipinski definition) is 1. The molecule has 29 heavy (non-hydrogen) atoms. The molecular weight excluding hydrogens is 403 g/mol. The summed E-state index contributed by atoms with van der Waals surface area (Å²) in [7, 11) is 0. The van der Waals surface area contributed by atoms with E-state index < -0.39 is 0 Å². The van der Waals surface area contributed by atoms with E-state index in [2.05, 4.69) is 53.1 Å². The molecule has 0 fully saturated rings. The molecule has 4 aromatic rings. The van der Waals surface area contributed by atoms with Crippen LogP contribution in [0.25, 0.3) is 26.0 Å². The van der Waals surface area contributed by atoms with Gasteiger partial charge in [0, 0.05) is 28.5 Å². The van der Waals surface area contributed by atoms with Gasteiger partial charge in [0.1, 0.15) is 10.6 Å². The summed E-state index contributed by atoms with van der Waals surface area (Å²) in [6.45, 7) is 8.71. The van der Waals surface area contributed by atoms with Crippen molar-refractivity contribution < 1.29 is 4.39 Å². The highest BCUT2D eigenvalue weighted by atomic mass is 32.1. The first-order valence-electron chi connectivity index (χ1n) is 9.61. The van der Waals surface area contributed by atoms with Gasteiger partial charge in [0.15, 0.2) is 0 Å². The fourth-order valence-electron chi connectivity index (χ4n) is 4.08. The molecule has 7 heteroatoms. The van der Waals surface area contributed by atoms with E-state index in [1.54, 1.807) is 29.1 Å². The lowest BCUT2D eigenvalue weighted by Crippen LogP contribution is -2.40. The van der Waals surface area contributed by atoms with Gasteiger partial charge in [-0.2, -0.15) is 0 Å². The molecule has 0 unspecified atom stereocenters. The SMILES string of the molecule is CCN1CC=C(c2cc3c(Nc4cc5ncsc5cc4F)ccnc3s2)C1(C)C. The molecule has 4 heterocycles. The molecule has 1 aliphatic rings. The number of halogens is 1. The molecule has 0 aliphatic carbocycles. The van der Waals surface area contributed by atoms with E-state index in [9.17, 15) is 4.39 Å². The number of fused-ring (bicyclic) bond motifs is 2. The number of benzene rings is 1. The Morgan fingerprint density at radius 1 is 1.21 bits per heavy atom. The van der Waals surface area contributed by atoms with E-state index in [0.29, 0.717) is 5.69 Å². The van der Waals surface area contributed by atoms with E-state index in [0.717, 1.165) is 39.2 Å². The molecule has 1 aromatic carbocycles. The van der Waals surface area contributed by atoms with E-state index >= 15 is 0 Å². The molecule has 0 bridgehead atoms. The van der Waals surface area contributed by atoms with Crippen LogP contribution in [0.2, 0.25) is 0 Å². The molecule has 0 saturated heterocycles. The summed E-state index contributed by atoms with van der Waals surface area (Å²) < 4.78 is 15.5. The zero-order valence-electron chi connectivity index (χ0n) is 16.5. The largest absolute Gasteiger partial charge is 0.352 e. The van der Waals surface area contributed by atoms with E-state index in [-0.39, 0.29) is 11.4 Å². The summed E-state index contributed by atoms with van der Waals surface area (Å²) in [6, 6.07) is 7.39. The van der Waals surface area contributed by atoms with Crippen LogP contribution in [-0.4, -0.2) is 33.5 Å². The van der Waals surface area contributed by atoms with E-state index in [1.165, 1.54) is 27.9 Å². The molecule has 0 radical (unpaired) electrons. The topological polar surface area (TPSA) is 41.0 Å². The maximum Gasteiger partial charge on any atom is 0.148 e. The van der Waals surface area contributed by atoms with Crippen LogP contribution >= 0.6 is 22.7 Å². The minimum absolute atomic E-state index is 0.00895. The van der Waals surface area contributed by atoms with Crippen molar-refractivity contribution in [2.45, 2.75) is 26.3 Å². The normalized spacial score (nSPS) is 16.6. The van der Waals surface area contributed by atoms with Gasteiger partial charge in [-0.05, 0) is 50.2 Å². The maximum atomic E-state index is 14.6. The zero-order valence-corrected chi connectivity index (χ0v) is 18.1. The first-order chi connectivity index (χ1) is 14.0. The number of nitrogens with one attached hydrogen (secondary N) is 1. The van der Waals surface area contributed by atoms with Crippen LogP contribution in [0.15, 0.2) is 42.0 Å². The summed E-state index contributed by atoms with van der Waals surface area (Å²) in [6.07, 6.45) is 4.09. The molecule has 0 saturated carbocycles. The number of thiazole rings is 1. The van der Waals surface area contributed by atoms with Crippen LogP contribution in [0.4, 0.5) is 15.8 Å².